The van der Waals surface area contributed by atoms with E-state index in [4.69, 9.17) is 5.73 Å². The number of hydrogen-bond donors (Lipinski definition) is 2. The Morgan fingerprint density at radius 2 is 2.27 bits per heavy atom. The standard InChI is InChI=1S/C5H8N4.2ClH/c1-2-4(6)5-7-3-8-9-5;;/h2-4H,1,6H2,(H,7,8,9);2*1H. The summed E-state index contributed by atoms with van der Waals surface area (Å²) in [7, 11) is 0. The van der Waals surface area contributed by atoms with Gasteiger partial charge in [-0.2, -0.15) is 5.10 Å². The Labute approximate surface area is 77.1 Å². The van der Waals surface area contributed by atoms with E-state index in [9.17, 15) is 0 Å². The molecule has 0 spiro atoms. The second-order valence-electron chi connectivity index (χ2n) is 1.63. The van der Waals surface area contributed by atoms with Gasteiger partial charge in [0.1, 0.15) is 12.2 Å². The minimum atomic E-state index is -0.229. The van der Waals surface area contributed by atoms with Gasteiger partial charge in [-0.1, -0.05) is 6.08 Å². The summed E-state index contributed by atoms with van der Waals surface area (Å²) < 4.78 is 0. The molecule has 1 aromatic heterocycles. The molecule has 1 rings (SSSR count). The Morgan fingerprint density at radius 1 is 1.64 bits per heavy atom. The van der Waals surface area contributed by atoms with Crippen molar-refractivity contribution in [2.75, 3.05) is 0 Å². The number of halogens is 2. The highest BCUT2D eigenvalue weighted by atomic mass is 35.5. The van der Waals surface area contributed by atoms with Crippen LogP contribution in [0.15, 0.2) is 19.0 Å². The third-order valence-corrected chi connectivity index (χ3v) is 1.00. The maximum absolute atomic E-state index is 5.49. The smallest absolute Gasteiger partial charge is 0.145 e. The average molecular weight is 197 g/mol. The summed E-state index contributed by atoms with van der Waals surface area (Å²) in [6.45, 7) is 3.50. The average Bonchev–Trinajstić information content (AvgIpc) is 2.37. The summed E-state index contributed by atoms with van der Waals surface area (Å²) in [5.74, 6) is 0.644. The first-order valence-electron chi connectivity index (χ1n) is 2.58. The van der Waals surface area contributed by atoms with Crippen LogP contribution in [0.4, 0.5) is 0 Å². The van der Waals surface area contributed by atoms with Crippen molar-refractivity contribution in [2.24, 2.45) is 5.73 Å². The van der Waals surface area contributed by atoms with E-state index in [-0.39, 0.29) is 30.9 Å². The zero-order valence-corrected chi connectivity index (χ0v) is 7.36. The first-order valence-corrected chi connectivity index (χ1v) is 2.58. The lowest BCUT2D eigenvalue weighted by atomic mass is 10.3. The van der Waals surface area contributed by atoms with Crippen molar-refractivity contribution in [3.05, 3.63) is 24.8 Å². The molecule has 1 atom stereocenters. The first kappa shape index (κ1) is 13.0. The maximum atomic E-state index is 5.49. The molecule has 0 fully saturated rings. The van der Waals surface area contributed by atoms with Crippen LogP contribution in [0.1, 0.15) is 11.9 Å². The Kier molecular flexibility index (Phi) is 7.29. The number of H-pyrrole nitrogens is 1. The molecule has 0 amide bonds. The Balaban J connectivity index is 0. The van der Waals surface area contributed by atoms with Crippen LogP contribution in [0.25, 0.3) is 0 Å². The highest BCUT2D eigenvalue weighted by Crippen LogP contribution is 2.00. The first-order chi connectivity index (χ1) is 4.34. The molecule has 0 aliphatic carbocycles. The van der Waals surface area contributed by atoms with E-state index >= 15 is 0 Å². The van der Waals surface area contributed by atoms with Gasteiger partial charge in [0.05, 0.1) is 6.04 Å². The quantitative estimate of drug-likeness (QED) is 0.690. The molecule has 1 aromatic rings. The summed E-state index contributed by atoms with van der Waals surface area (Å²) in [5.41, 5.74) is 5.49. The summed E-state index contributed by atoms with van der Waals surface area (Å²) >= 11 is 0. The largest absolute Gasteiger partial charge is 0.318 e. The van der Waals surface area contributed by atoms with Crippen molar-refractivity contribution < 1.29 is 0 Å². The molecule has 4 nitrogen and oxygen atoms in total. The number of nitrogens with one attached hydrogen (secondary N) is 1. The summed E-state index contributed by atoms with van der Waals surface area (Å²) in [5, 5.41) is 6.26. The summed E-state index contributed by atoms with van der Waals surface area (Å²) in [4.78, 5) is 3.82. The van der Waals surface area contributed by atoms with Crippen LogP contribution >= 0.6 is 24.8 Å². The van der Waals surface area contributed by atoms with E-state index in [1.807, 2.05) is 0 Å². The van der Waals surface area contributed by atoms with Crippen molar-refractivity contribution in [3.63, 3.8) is 0 Å². The van der Waals surface area contributed by atoms with Crippen LogP contribution in [0.5, 0.6) is 0 Å². The zero-order valence-electron chi connectivity index (χ0n) is 5.73. The van der Waals surface area contributed by atoms with Crippen LogP contribution in [-0.4, -0.2) is 15.2 Å². The van der Waals surface area contributed by atoms with Gasteiger partial charge >= 0.3 is 0 Å². The third kappa shape index (κ3) is 3.36. The van der Waals surface area contributed by atoms with Gasteiger partial charge in [-0.05, 0) is 0 Å². The van der Waals surface area contributed by atoms with Gasteiger partial charge in [0.2, 0.25) is 0 Å². The molecule has 0 aromatic carbocycles. The molecule has 0 aliphatic rings. The molecule has 6 heteroatoms. The number of rotatable bonds is 2. The van der Waals surface area contributed by atoms with Crippen LogP contribution in [0.3, 0.4) is 0 Å². The molecule has 0 bridgehead atoms. The molecule has 64 valence electrons. The predicted octanol–water partition coefficient (Wildman–Crippen LogP) is 0.834. The Hall–Kier alpha value is -0.580. The van der Waals surface area contributed by atoms with E-state index in [1.54, 1.807) is 6.08 Å². The van der Waals surface area contributed by atoms with Crippen LogP contribution in [0.2, 0.25) is 0 Å². The van der Waals surface area contributed by atoms with Gasteiger partial charge in [0.25, 0.3) is 0 Å². The van der Waals surface area contributed by atoms with Crippen LogP contribution < -0.4 is 5.73 Å². The third-order valence-electron chi connectivity index (χ3n) is 1.00. The van der Waals surface area contributed by atoms with Crippen molar-refractivity contribution in [1.29, 1.82) is 0 Å². The van der Waals surface area contributed by atoms with E-state index in [0.29, 0.717) is 5.82 Å². The van der Waals surface area contributed by atoms with Gasteiger partial charge < -0.3 is 5.73 Å². The molecule has 11 heavy (non-hydrogen) atoms. The van der Waals surface area contributed by atoms with E-state index in [0.717, 1.165) is 0 Å². The van der Waals surface area contributed by atoms with E-state index < -0.39 is 0 Å². The fourth-order valence-corrected chi connectivity index (χ4v) is 0.487. The lowest BCUT2D eigenvalue weighted by Crippen LogP contribution is -2.08. The SMILES string of the molecule is C=CC(N)c1ncn[nH]1.Cl.Cl. The van der Waals surface area contributed by atoms with Crippen LogP contribution in [-0.2, 0) is 0 Å². The highest BCUT2D eigenvalue weighted by molar-refractivity contribution is 5.85. The molecular weight excluding hydrogens is 187 g/mol. The normalized spacial score (nSPS) is 10.6. The summed E-state index contributed by atoms with van der Waals surface area (Å²) in [6, 6.07) is -0.229. The molecular formula is C5H10Cl2N4. The molecule has 0 aliphatic heterocycles. The maximum Gasteiger partial charge on any atom is 0.145 e. The Bertz CT molecular complexity index is 186. The minimum Gasteiger partial charge on any atom is -0.318 e. The highest BCUT2D eigenvalue weighted by Gasteiger charge is 2.01. The minimum absolute atomic E-state index is 0. The number of aromatic nitrogens is 3. The monoisotopic (exact) mass is 196 g/mol. The zero-order chi connectivity index (χ0) is 6.69. The number of aromatic amines is 1. The molecule has 1 heterocycles. The lowest BCUT2D eigenvalue weighted by Gasteiger charge is -1.96. The topological polar surface area (TPSA) is 67.6 Å². The molecule has 3 N–H and O–H groups in total. The second-order valence-corrected chi connectivity index (χ2v) is 1.63. The van der Waals surface area contributed by atoms with E-state index in [1.165, 1.54) is 6.33 Å². The van der Waals surface area contributed by atoms with Gasteiger partial charge in [0, 0.05) is 0 Å². The number of nitrogens with zero attached hydrogens (tertiary/aromatic N) is 2. The van der Waals surface area contributed by atoms with Crippen molar-refractivity contribution in [1.82, 2.24) is 15.2 Å². The summed E-state index contributed by atoms with van der Waals surface area (Å²) in [6.07, 6.45) is 3.01. The van der Waals surface area contributed by atoms with Gasteiger partial charge in [0.15, 0.2) is 0 Å². The molecule has 0 saturated heterocycles. The van der Waals surface area contributed by atoms with Gasteiger partial charge in [-0.15, -0.1) is 31.4 Å². The predicted molar refractivity (Wildman–Crippen MR) is 48.0 cm³/mol. The van der Waals surface area contributed by atoms with Crippen molar-refractivity contribution >= 4 is 24.8 Å². The molecule has 0 radical (unpaired) electrons. The fraction of sp³-hybridized carbons (Fsp3) is 0.200. The number of nitrogens with two attached hydrogens (primary N) is 1. The van der Waals surface area contributed by atoms with Crippen LogP contribution in [0, 0.1) is 0 Å². The lowest BCUT2D eigenvalue weighted by molar-refractivity contribution is 0.816. The van der Waals surface area contributed by atoms with Crippen molar-refractivity contribution in [2.45, 2.75) is 6.04 Å². The molecule has 0 saturated carbocycles. The molecule has 1 unspecified atom stereocenters. The van der Waals surface area contributed by atoms with Gasteiger partial charge in [-0.3, -0.25) is 5.10 Å². The number of hydrogen-bond acceptors (Lipinski definition) is 3. The second kappa shape index (κ2) is 6.15. The van der Waals surface area contributed by atoms with Gasteiger partial charge in [-0.25, -0.2) is 4.98 Å². The Morgan fingerprint density at radius 3 is 2.64 bits per heavy atom. The van der Waals surface area contributed by atoms with E-state index in [2.05, 4.69) is 21.8 Å². The fourth-order valence-electron chi connectivity index (χ4n) is 0.487. The van der Waals surface area contributed by atoms with Crippen molar-refractivity contribution in [3.8, 4) is 0 Å².